The maximum atomic E-state index is 12.3. The van der Waals surface area contributed by atoms with E-state index in [0.717, 1.165) is 12.8 Å². The Balaban J connectivity index is 1.60. The highest BCUT2D eigenvalue weighted by molar-refractivity contribution is 5.97. The third kappa shape index (κ3) is 6.19. The minimum absolute atomic E-state index is 0.0319. The van der Waals surface area contributed by atoms with Gasteiger partial charge >= 0.3 is 6.18 Å². The molecule has 3 rings (SSSR count). The number of carbonyl (C=O) groups excluding carboxylic acids is 1. The van der Waals surface area contributed by atoms with Gasteiger partial charge in [-0.05, 0) is 58.3 Å². The molecule has 7 nitrogen and oxygen atoms in total. The predicted octanol–water partition coefficient (Wildman–Crippen LogP) is 3.48. The van der Waals surface area contributed by atoms with E-state index in [4.69, 9.17) is 10.5 Å². The van der Waals surface area contributed by atoms with Gasteiger partial charge in [0.05, 0.1) is 11.7 Å². The molecule has 2 saturated carbocycles. The fraction of sp³-hybridized carbons (Fsp3) is 0.737. The standard InChI is InChI=1S/C19H28F3N5O2/c1-18(2,11-3-4-11)27-16-14(15(23)28)9-24-17(26-16)25-12-5-7-13(8-6-12)29-10-19(20,21)22/h9,11-13H,3-8,10H2,1-2H3,(H2,23,28)(H2,24,25,26,27)/t12-,13-. The summed E-state index contributed by atoms with van der Waals surface area (Å²) in [6, 6.07) is 0.0319. The number of carbonyl (C=O) groups is 1. The van der Waals surface area contributed by atoms with Gasteiger partial charge in [0, 0.05) is 17.8 Å². The first-order valence-electron chi connectivity index (χ1n) is 9.93. The van der Waals surface area contributed by atoms with Crippen LogP contribution in [-0.4, -0.2) is 46.3 Å². The van der Waals surface area contributed by atoms with E-state index in [0.29, 0.717) is 43.4 Å². The Bertz CT molecular complexity index is 729. The molecule has 0 aromatic carbocycles. The molecular weight excluding hydrogens is 387 g/mol. The average Bonchev–Trinajstić information content (AvgIpc) is 3.46. The van der Waals surface area contributed by atoms with Gasteiger partial charge in [0.25, 0.3) is 5.91 Å². The van der Waals surface area contributed by atoms with E-state index in [1.165, 1.54) is 6.20 Å². The summed E-state index contributed by atoms with van der Waals surface area (Å²) in [6.07, 6.45) is 1.34. The van der Waals surface area contributed by atoms with Crippen LogP contribution in [0.1, 0.15) is 62.7 Å². The van der Waals surface area contributed by atoms with E-state index in [1.54, 1.807) is 0 Å². The lowest BCUT2D eigenvalue weighted by atomic mass is 9.93. The third-order valence-corrected chi connectivity index (χ3v) is 5.58. The Kier molecular flexibility index (Phi) is 6.21. The van der Waals surface area contributed by atoms with Crippen molar-refractivity contribution in [2.24, 2.45) is 11.7 Å². The SMILES string of the molecule is CC(C)(Nc1nc(N[C@H]2CC[C@H](OCC(F)(F)F)CC2)ncc1C(N)=O)C1CC1. The number of aromatic nitrogens is 2. The molecule has 0 radical (unpaired) electrons. The van der Waals surface area contributed by atoms with Crippen LogP contribution in [-0.2, 0) is 4.74 Å². The summed E-state index contributed by atoms with van der Waals surface area (Å²) in [5.74, 6) is 0.674. The summed E-state index contributed by atoms with van der Waals surface area (Å²) in [4.78, 5) is 20.4. The van der Waals surface area contributed by atoms with Crippen molar-refractivity contribution in [2.45, 2.75) is 76.2 Å². The van der Waals surface area contributed by atoms with Gasteiger partial charge in [0.2, 0.25) is 5.95 Å². The fourth-order valence-electron chi connectivity index (χ4n) is 3.71. The van der Waals surface area contributed by atoms with Gasteiger partial charge in [0.1, 0.15) is 12.4 Å². The minimum Gasteiger partial charge on any atom is -0.369 e. The molecule has 0 bridgehead atoms. The molecule has 1 aromatic rings. The Labute approximate surface area is 168 Å². The first-order chi connectivity index (χ1) is 13.5. The monoisotopic (exact) mass is 415 g/mol. The van der Waals surface area contributed by atoms with Gasteiger partial charge in [-0.25, -0.2) is 4.98 Å². The Hall–Kier alpha value is -2.10. The predicted molar refractivity (Wildman–Crippen MR) is 103 cm³/mol. The lowest BCUT2D eigenvalue weighted by molar-refractivity contribution is -0.187. The summed E-state index contributed by atoms with van der Waals surface area (Å²) in [6.45, 7) is 2.92. The van der Waals surface area contributed by atoms with Crippen molar-refractivity contribution in [1.29, 1.82) is 0 Å². The van der Waals surface area contributed by atoms with Crippen LogP contribution in [0.5, 0.6) is 0 Å². The quantitative estimate of drug-likeness (QED) is 0.601. The zero-order chi connectivity index (χ0) is 21.2. The number of anilines is 2. The third-order valence-electron chi connectivity index (χ3n) is 5.58. The Morgan fingerprint density at radius 1 is 1.21 bits per heavy atom. The number of primary amides is 1. The number of nitrogens with zero attached hydrogens (tertiary/aromatic N) is 2. The van der Waals surface area contributed by atoms with Crippen LogP contribution in [0.25, 0.3) is 0 Å². The molecule has 2 aliphatic carbocycles. The molecule has 1 aromatic heterocycles. The van der Waals surface area contributed by atoms with Crippen molar-refractivity contribution >= 4 is 17.7 Å². The molecule has 0 aliphatic heterocycles. The van der Waals surface area contributed by atoms with Gasteiger partial charge in [-0.3, -0.25) is 4.79 Å². The van der Waals surface area contributed by atoms with Crippen LogP contribution in [0.3, 0.4) is 0 Å². The van der Waals surface area contributed by atoms with Gasteiger partial charge in [0.15, 0.2) is 0 Å². The summed E-state index contributed by atoms with van der Waals surface area (Å²) in [5.41, 5.74) is 5.47. The molecule has 0 saturated heterocycles. The van der Waals surface area contributed by atoms with Crippen molar-refractivity contribution in [1.82, 2.24) is 9.97 Å². The normalized spacial score (nSPS) is 22.9. The molecule has 2 aliphatic rings. The molecule has 10 heteroatoms. The molecule has 1 amide bonds. The largest absolute Gasteiger partial charge is 0.411 e. The number of hydrogen-bond acceptors (Lipinski definition) is 6. The molecule has 0 unspecified atom stereocenters. The Morgan fingerprint density at radius 3 is 2.41 bits per heavy atom. The van der Waals surface area contributed by atoms with Crippen molar-refractivity contribution in [3.8, 4) is 0 Å². The zero-order valence-corrected chi connectivity index (χ0v) is 16.7. The highest BCUT2D eigenvalue weighted by Gasteiger charge is 2.38. The molecule has 29 heavy (non-hydrogen) atoms. The van der Waals surface area contributed by atoms with Gasteiger partial charge in [-0.15, -0.1) is 0 Å². The van der Waals surface area contributed by atoms with Gasteiger partial charge in [-0.1, -0.05) is 0 Å². The van der Waals surface area contributed by atoms with E-state index >= 15 is 0 Å². The van der Waals surface area contributed by atoms with Crippen molar-refractivity contribution in [3.05, 3.63) is 11.8 Å². The number of rotatable bonds is 8. The molecule has 0 atom stereocenters. The molecule has 162 valence electrons. The van der Waals surface area contributed by atoms with Crippen LogP contribution in [0, 0.1) is 5.92 Å². The van der Waals surface area contributed by atoms with E-state index in [-0.39, 0.29) is 23.2 Å². The zero-order valence-electron chi connectivity index (χ0n) is 16.7. The van der Waals surface area contributed by atoms with Gasteiger partial charge < -0.3 is 21.1 Å². The summed E-state index contributed by atoms with van der Waals surface area (Å²) in [5, 5.41) is 6.55. The number of nitrogens with one attached hydrogen (secondary N) is 2. The summed E-state index contributed by atoms with van der Waals surface area (Å²) < 4.78 is 41.8. The molecule has 2 fully saturated rings. The van der Waals surface area contributed by atoms with E-state index in [9.17, 15) is 18.0 Å². The lowest BCUT2D eigenvalue weighted by Crippen LogP contribution is -2.35. The van der Waals surface area contributed by atoms with Crippen molar-refractivity contribution < 1.29 is 22.7 Å². The summed E-state index contributed by atoms with van der Waals surface area (Å²) in [7, 11) is 0. The number of ether oxygens (including phenoxy) is 1. The molecular formula is C19H28F3N5O2. The van der Waals surface area contributed by atoms with Crippen LogP contribution < -0.4 is 16.4 Å². The van der Waals surface area contributed by atoms with Crippen LogP contribution in [0.4, 0.5) is 24.9 Å². The number of halogens is 3. The first-order valence-corrected chi connectivity index (χ1v) is 9.93. The van der Waals surface area contributed by atoms with E-state index in [1.807, 2.05) is 0 Å². The summed E-state index contributed by atoms with van der Waals surface area (Å²) >= 11 is 0. The Morgan fingerprint density at radius 2 is 1.86 bits per heavy atom. The van der Waals surface area contributed by atoms with Crippen LogP contribution in [0.2, 0.25) is 0 Å². The number of alkyl halides is 3. The molecule has 0 spiro atoms. The average molecular weight is 415 g/mol. The second kappa shape index (κ2) is 8.33. The maximum absolute atomic E-state index is 12.3. The second-order valence-corrected chi connectivity index (χ2v) is 8.49. The topological polar surface area (TPSA) is 102 Å². The highest BCUT2D eigenvalue weighted by atomic mass is 19.4. The molecule has 1 heterocycles. The number of hydrogen-bond donors (Lipinski definition) is 3. The van der Waals surface area contributed by atoms with Gasteiger partial charge in [-0.2, -0.15) is 18.2 Å². The van der Waals surface area contributed by atoms with E-state index in [2.05, 4.69) is 34.4 Å². The molecule has 4 N–H and O–H groups in total. The fourth-order valence-corrected chi connectivity index (χ4v) is 3.71. The van der Waals surface area contributed by atoms with Crippen LogP contribution >= 0.6 is 0 Å². The first kappa shape index (κ1) is 21.6. The lowest BCUT2D eigenvalue weighted by Gasteiger charge is -2.30. The van der Waals surface area contributed by atoms with E-state index < -0.39 is 18.7 Å². The number of amides is 1. The van der Waals surface area contributed by atoms with Crippen molar-refractivity contribution in [2.75, 3.05) is 17.2 Å². The smallest absolute Gasteiger partial charge is 0.369 e. The minimum atomic E-state index is -4.30. The second-order valence-electron chi connectivity index (χ2n) is 8.49. The highest BCUT2D eigenvalue weighted by Crippen LogP contribution is 2.41. The maximum Gasteiger partial charge on any atom is 0.411 e. The van der Waals surface area contributed by atoms with Crippen molar-refractivity contribution in [3.63, 3.8) is 0 Å². The van der Waals surface area contributed by atoms with Crippen LogP contribution in [0.15, 0.2) is 6.20 Å². The number of nitrogens with two attached hydrogens (primary N) is 1.